The van der Waals surface area contributed by atoms with E-state index in [1.807, 2.05) is 20.8 Å². The van der Waals surface area contributed by atoms with Crippen molar-refractivity contribution in [3.63, 3.8) is 0 Å². The Morgan fingerprint density at radius 1 is 1.38 bits per heavy atom. The second-order valence-electron chi connectivity index (χ2n) is 5.38. The lowest BCUT2D eigenvalue weighted by atomic mass is 9.88. The van der Waals surface area contributed by atoms with Gasteiger partial charge in [-0.2, -0.15) is 0 Å². The molecule has 0 aromatic heterocycles. The van der Waals surface area contributed by atoms with E-state index in [0.29, 0.717) is 18.7 Å². The quantitative estimate of drug-likeness (QED) is 0.753. The third-order valence-corrected chi connectivity index (χ3v) is 4.55. The largest absolute Gasteiger partial charge is 0.349 e. The van der Waals surface area contributed by atoms with Crippen LogP contribution in [0.25, 0.3) is 0 Å². The molecule has 1 atom stereocenters. The van der Waals surface area contributed by atoms with Gasteiger partial charge in [0.15, 0.2) is 0 Å². The number of carbonyl (C=O) groups excluding carboxylic acids is 1. The summed E-state index contributed by atoms with van der Waals surface area (Å²) in [5.41, 5.74) is 5.37. The minimum atomic E-state index is -0.363. The second kappa shape index (κ2) is 9.28. The van der Waals surface area contributed by atoms with E-state index in [1.165, 1.54) is 12.1 Å². The third kappa shape index (κ3) is 6.68. The average Bonchev–Trinajstić information content (AvgIpc) is 2.40. The van der Waals surface area contributed by atoms with Crippen LogP contribution in [0.15, 0.2) is 29.2 Å². The number of amides is 1. The Labute approximate surface area is 136 Å². The zero-order chi connectivity index (χ0) is 15.2. The molecule has 0 heterocycles. The molecule has 3 N–H and O–H groups in total. The summed E-state index contributed by atoms with van der Waals surface area (Å²) in [5.74, 6) is 0.696. The first-order chi connectivity index (χ1) is 9.37. The van der Waals surface area contributed by atoms with Crippen LogP contribution in [0.4, 0.5) is 4.39 Å². The summed E-state index contributed by atoms with van der Waals surface area (Å²) in [6, 6.07) is 6.28. The number of thioether (sulfide) groups is 1. The number of hydrogen-bond acceptors (Lipinski definition) is 3. The van der Waals surface area contributed by atoms with Gasteiger partial charge >= 0.3 is 0 Å². The number of nitrogens with one attached hydrogen (secondary N) is 1. The summed E-state index contributed by atoms with van der Waals surface area (Å²) in [6.07, 6.45) is 0.421. The zero-order valence-corrected chi connectivity index (χ0v) is 14.3. The van der Waals surface area contributed by atoms with Crippen molar-refractivity contribution in [2.75, 3.05) is 12.3 Å². The molecule has 1 aromatic carbocycles. The molecule has 1 aromatic rings. The van der Waals surface area contributed by atoms with E-state index >= 15 is 0 Å². The first-order valence-corrected chi connectivity index (χ1v) is 7.75. The van der Waals surface area contributed by atoms with Gasteiger partial charge in [-0.1, -0.05) is 13.8 Å². The molecule has 0 aliphatic carbocycles. The standard InChI is InChI=1S/C15H23FN2OS.ClH/c1-11(2)15(3,10-17)18-14(19)8-9-20-13-6-4-12(16)5-7-13;/h4-7,11H,8-10,17H2,1-3H3,(H,18,19);1H. The summed E-state index contributed by atoms with van der Waals surface area (Å²) < 4.78 is 12.8. The van der Waals surface area contributed by atoms with Crippen LogP contribution in [0.2, 0.25) is 0 Å². The van der Waals surface area contributed by atoms with Crippen molar-refractivity contribution in [2.24, 2.45) is 11.7 Å². The minimum Gasteiger partial charge on any atom is -0.349 e. The second-order valence-corrected chi connectivity index (χ2v) is 6.55. The van der Waals surface area contributed by atoms with Crippen molar-refractivity contribution >= 4 is 30.1 Å². The predicted octanol–water partition coefficient (Wildman–Crippen LogP) is 3.22. The van der Waals surface area contributed by atoms with Gasteiger partial charge in [0.2, 0.25) is 5.91 Å². The smallest absolute Gasteiger partial charge is 0.221 e. The van der Waals surface area contributed by atoms with Gasteiger partial charge in [-0.15, -0.1) is 24.2 Å². The predicted molar refractivity (Wildman–Crippen MR) is 89.4 cm³/mol. The molecule has 3 nitrogen and oxygen atoms in total. The van der Waals surface area contributed by atoms with E-state index in [9.17, 15) is 9.18 Å². The molecule has 0 fully saturated rings. The topological polar surface area (TPSA) is 55.1 Å². The highest BCUT2D eigenvalue weighted by atomic mass is 35.5. The first kappa shape index (κ1) is 20.2. The SMILES string of the molecule is CC(C)C(C)(CN)NC(=O)CCSc1ccc(F)cc1.Cl. The van der Waals surface area contributed by atoms with Crippen LogP contribution in [0, 0.1) is 11.7 Å². The van der Waals surface area contributed by atoms with Crippen LogP contribution in [0.5, 0.6) is 0 Å². The fourth-order valence-corrected chi connectivity index (χ4v) is 2.46. The van der Waals surface area contributed by atoms with E-state index < -0.39 is 0 Å². The van der Waals surface area contributed by atoms with Gasteiger partial charge in [0, 0.05) is 23.6 Å². The molecule has 0 saturated heterocycles. The Hall–Kier alpha value is -0.780. The number of carbonyl (C=O) groups is 1. The Balaban J connectivity index is 0.00000400. The third-order valence-electron chi connectivity index (χ3n) is 3.53. The van der Waals surface area contributed by atoms with Gasteiger partial charge in [0.05, 0.1) is 5.54 Å². The van der Waals surface area contributed by atoms with Crippen LogP contribution in [0.3, 0.4) is 0 Å². The number of halogens is 2. The number of rotatable bonds is 7. The highest BCUT2D eigenvalue weighted by Crippen LogP contribution is 2.19. The van der Waals surface area contributed by atoms with Gasteiger partial charge in [-0.25, -0.2) is 4.39 Å². The molecule has 6 heteroatoms. The Morgan fingerprint density at radius 2 is 1.95 bits per heavy atom. The molecule has 1 amide bonds. The van der Waals surface area contributed by atoms with Crippen molar-refractivity contribution in [1.29, 1.82) is 0 Å². The lowest BCUT2D eigenvalue weighted by Crippen LogP contribution is -2.55. The number of nitrogens with two attached hydrogens (primary N) is 1. The van der Waals surface area contributed by atoms with Crippen LogP contribution in [0.1, 0.15) is 27.2 Å². The van der Waals surface area contributed by atoms with E-state index in [4.69, 9.17) is 5.73 Å². The van der Waals surface area contributed by atoms with Crippen molar-refractivity contribution < 1.29 is 9.18 Å². The maximum atomic E-state index is 12.8. The lowest BCUT2D eigenvalue weighted by Gasteiger charge is -2.33. The van der Waals surface area contributed by atoms with E-state index in [0.717, 1.165) is 4.90 Å². The molecule has 0 aliphatic heterocycles. The Kier molecular flexibility index (Phi) is 8.94. The van der Waals surface area contributed by atoms with Crippen molar-refractivity contribution in [1.82, 2.24) is 5.32 Å². The molecule has 1 unspecified atom stereocenters. The highest BCUT2D eigenvalue weighted by molar-refractivity contribution is 7.99. The number of hydrogen-bond donors (Lipinski definition) is 2. The summed E-state index contributed by atoms with van der Waals surface area (Å²) in [6.45, 7) is 6.46. The summed E-state index contributed by atoms with van der Waals surface area (Å²) in [4.78, 5) is 12.9. The highest BCUT2D eigenvalue weighted by Gasteiger charge is 2.28. The summed E-state index contributed by atoms with van der Waals surface area (Å²) in [5, 5.41) is 3.00. The monoisotopic (exact) mass is 334 g/mol. The van der Waals surface area contributed by atoms with Crippen LogP contribution < -0.4 is 11.1 Å². The lowest BCUT2D eigenvalue weighted by molar-refractivity contribution is -0.122. The molecule has 0 bridgehead atoms. The van der Waals surface area contributed by atoms with Gasteiger partial charge in [0.1, 0.15) is 5.82 Å². The fraction of sp³-hybridized carbons (Fsp3) is 0.533. The van der Waals surface area contributed by atoms with E-state index in [-0.39, 0.29) is 35.6 Å². The molecule has 21 heavy (non-hydrogen) atoms. The van der Waals surface area contributed by atoms with Crippen LogP contribution in [-0.4, -0.2) is 23.7 Å². The van der Waals surface area contributed by atoms with Gasteiger partial charge in [-0.3, -0.25) is 4.79 Å². The molecular weight excluding hydrogens is 311 g/mol. The molecule has 120 valence electrons. The number of benzene rings is 1. The fourth-order valence-electron chi connectivity index (χ4n) is 1.60. The molecule has 0 aliphatic rings. The van der Waals surface area contributed by atoms with Crippen LogP contribution in [-0.2, 0) is 4.79 Å². The molecule has 0 saturated carbocycles. The molecular formula is C15H24ClFN2OS. The Morgan fingerprint density at radius 3 is 2.43 bits per heavy atom. The Bertz CT molecular complexity index is 442. The van der Waals surface area contributed by atoms with Crippen molar-refractivity contribution in [3.8, 4) is 0 Å². The van der Waals surface area contributed by atoms with E-state index in [1.54, 1.807) is 23.9 Å². The van der Waals surface area contributed by atoms with Crippen molar-refractivity contribution in [2.45, 2.75) is 37.6 Å². The normalized spacial score (nSPS) is 13.4. The average molecular weight is 335 g/mol. The molecule has 0 spiro atoms. The van der Waals surface area contributed by atoms with Gasteiger partial charge < -0.3 is 11.1 Å². The zero-order valence-electron chi connectivity index (χ0n) is 12.7. The maximum absolute atomic E-state index is 12.8. The summed E-state index contributed by atoms with van der Waals surface area (Å²) in [7, 11) is 0. The molecule has 0 radical (unpaired) electrons. The van der Waals surface area contributed by atoms with Gasteiger partial charge in [-0.05, 0) is 37.1 Å². The molecule has 1 rings (SSSR count). The first-order valence-electron chi connectivity index (χ1n) is 6.77. The van der Waals surface area contributed by atoms with E-state index in [2.05, 4.69) is 5.32 Å². The summed E-state index contributed by atoms with van der Waals surface area (Å²) >= 11 is 1.54. The van der Waals surface area contributed by atoms with Crippen LogP contribution >= 0.6 is 24.2 Å². The minimum absolute atomic E-state index is 0. The van der Waals surface area contributed by atoms with Crippen molar-refractivity contribution in [3.05, 3.63) is 30.1 Å². The van der Waals surface area contributed by atoms with Gasteiger partial charge in [0.25, 0.3) is 0 Å². The maximum Gasteiger partial charge on any atom is 0.221 e.